The zero-order chi connectivity index (χ0) is 18.8. The first-order valence-electron chi connectivity index (χ1n) is 8.49. The van der Waals surface area contributed by atoms with Crippen LogP contribution >= 0.6 is 11.3 Å². The van der Waals surface area contributed by atoms with Crippen LogP contribution in [0, 0.1) is 20.8 Å². The fraction of sp³-hybridized carbons (Fsp3) is 0.368. The summed E-state index contributed by atoms with van der Waals surface area (Å²) in [5.41, 5.74) is 2.46. The minimum Gasteiger partial charge on any atom is -0.360 e. The Morgan fingerprint density at radius 2 is 2.12 bits per heavy atom. The van der Waals surface area contributed by atoms with Gasteiger partial charge in [0.1, 0.15) is 5.76 Å². The van der Waals surface area contributed by atoms with Gasteiger partial charge in [0.2, 0.25) is 0 Å². The van der Waals surface area contributed by atoms with E-state index in [2.05, 4.69) is 26.8 Å². The fourth-order valence-corrected chi connectivity index (χ4v) is 4.03. The summed E-state index contributed by atoms with van der Waals surface area (Å²) in [5, 5.41) is 9.19. The van der Waals surface area contributed by atoms with Gasteiger partial charge in [-0.15, -0.1) is 11.3 Å². The molecule has 0 aromatic carbocycles. The first-order valence-corrected chi connectivity index (χ1v) is 9.37. The summed E-state index contributed by atoms with van der Waals surface area (Å²) in [6, 6.07) is 8.04. The maximum atomic E-state index is 12.8. The number of carbonyl (C=O) groups is 1. The normalized spacial score (nSPS) is 12.5. The van der Waals surface area contributed by atoms with Crippen LogP contribution in [0.2, 0.25) is 0 Å². The van der Waals surface area contributed by atoms with Crippen molar-refractivity contribution in [3.63, 3.8) is 0 Å². The van der Waals surface area contributed by atoms with E-state index in [1.54, 1.807) is 11.3 Å². The number of carbonyl (C=O) groups excluding carboxylic acids is 1. The maximum Gasteiger partial charge on any atom is 0.253 e. The molecule has 0 radical (unpaired) electrons. The summed E-state index contributed by atoms with van der Waals surface area (Å²) in [6.07, 6.45) is 0. The van der Waals surface area contributed by atoms with Crippen molar-refractivity contribution in [1.29, 1.82) is 0 Å². The number of nitrogens with zero attached hydrogens (tertiary/aromatic N) is 3. The third kappa shape index (κ3) is 3.59. The highest BCUT2D eigenvalue weighted by Crippen LogP contribution is 2.23. The van der Waals surface area contributed by atoms with Crippen molar-refractivity contribution in [3.8, 4) is 5.82 Å². The summed E-state index contributed by atoms with van der Waals surface area (Å²) in [6.45, 7) is 6.29. The van der Waals surface area contributed by atoms with Crippen molar-refractivity contribution in [1.82, 2.24) is 19.9 Å². The number of thiophene rings is 1. The van der Waals surface area contributed by atoms with Crippen LogP contribution in [0.4, 0.5) is 0 Å². The van der Waals surface area contributed by atoms with Gasteiger partial charge in [-0.3, -0.25) is 9.36 Å². The maximum absolute atomic E-state index is 12.8. The van der Waals surface area contributed by atoms with E-state index in [9.17, 15) is 4.79 Å². The van der Waals surface area contributed by atoms with Crippen molar-refractivity contribution in [2.24, 2.45) is 0 Å². The average molecular weight is 372 g/mol. The summed E-state index contributed by atoms with van der Waals surface area (Å²) < 4.78 is 7.11. The van der Waals surface area contributed by atoms with Gasteiger partial charge in [-0.25, -0.2) is 0 Å². The number of nitrogens with one attached hydrogen (secondary N) is 1. The van der Waals surface area contributed by atoms with Crippen LogP contribution in [0.5, 0.6) is 0 Å². The summed E-state index contributed by atoms with van der Waals surface area (Å²) in [5.74, 6) is 1.36. The van der Waals surface area contributed by atoms with Crippen molar-refractivity contribution >= 4 is 17.2 Å². The highest BCUT2D eigenvalue weighted by molar-refractivity contribution is 7.10. The lowest BCUT2D eigenvalue weighted by Crippen LogP contribution is -2.34. The molecule has 0 aliphatic carbocycles. The molecule has 138 valence electrons. The number of aryl methyl sites for hydroxylation is 2. The van der Waals surface area contributed by atoms with Gasteiger partial charge in [0, 0.05) is 28.9 Å². The average Bonchev–Trinajstić information content (AvgIpc) is 3.29. The minimum absolute atomic E-state index is 0.0760. The molecule has 1 amide bonds. The number of likely N-dealkylation sites (N-methyl/N-ethyl adjacent to an activating group) is 1. The lowest BCUT2D eigenvalue weighted by molar-refractivity contribution is 0.0941. The van der Waals surface area contributed by atoms with E-state index in [0.717, 1.165) is 17.1 Å². The SMILES string of the molecule is Cc1cc(-n2c(C)cc(C(=O)NCC(c3cccs3)N(C)C)c2C)no1. The van der Waals surface area contributed by atoms with Crippen LogP contribution in [0.25, 0.3) is 5.82 Å². The third-order valence-electron chi connectivity index (χ3n) is 4.47. The van der Waals surface area contributed by atoms with Crippen LogP contribution in [0.3, 0.4) is 0 Å². The predicted octanol–water partition coefficient (Wildman–Crippen LogP) is 3.48. The first kappa shape index (κ1) is 18.4. The van der Waals surface area contributed by atoms with E-state index >= 15 is 0 Å². The Hall–Kier alpha value is -2.38. The highest BCUT2D eigenvalue weighted by atomic mass is 32.1. The van der Waals surface area contributed by atoms with E-state index < -0.39 is 0 Å². The van der Waals surface area contributed by atoms with Crippen molar-refractivity contribution < 1.29 is 9.32 Å². The van der Waals surface area contributed by atoms with Crippen molar-refractivity contribution in [2.75, 3.05) is 20.6 Å². The molecule has 0 saturated carbocycles. The van der Waals surface area contributed by atoms with Crippen LogP contribution in [-0.2, 0) is 0 Å². The van der Waals surface area contributed by atoms with Crippen molar-refractivity contribution in [3.05, 3.63) is 57.2 Å². The molecule has 7 heteroatoms. The number of amides is 1. The highest BCUT2D eigenvalue weighted by Gasteiger charge is 2.21. The Labute approximate surface area is 157 Å². The Bertz CT molecular complexity index is 893. The Balaban J connectivity index is 1.78. The van der Waals surface area contributed by atoms with E-state index in [1.165, 1.54) is 4.88 Å². The van der Waals surface area contributed by atoms with E-state index in [4.69, 9.17) is 4.52 Å². The number of rotatable bonds is 6. The Morgan fingerprint density at radius 1 is 1.35 bits per heavy atom. The second-order valence-electron chi connectivity index (χ2n) is 6.62. The molecule has 0 aliphatic heterocycles. The molecule has 1 unspecified atom stereocenters. The van der Waals surface area contributed by atoms with E-state index in [-0.39, 0.29) is 11.9 Å². The lowest BCUT2D eigenvalue weighted by atomic mass is 10.2. The molecule has 3 heterocycles. The Morgan fingerprint density at radius 3 is 2.69 bits per heavy atom. The molecule has 3 aromatic rings. The van der Waals surface area contributed by atoms with Gasteiger partial charge < -0.3 is 14.7 Å². The zero-order valence-corrected chi connectivity index (χ0v) is 16.6. The number of aromatic nitrogens is 2. The minimum atomic E-state index is -0.0760. The monoisotopic (exact) mass is 372 g/mol. The molecule has 6 nitrogen and oxygen atoms in total. The number of hydrogen-bond donors (Lipinski definition) is 1. The molecular formula is C19H24N4O2S. The Kier molecular flexibility index (Phi) is 5.29. The molecule has 3 aromatic heterocycles. The molecular weight excluding hydrogens is 348 g/mol. The molecule has 0 fully saturated rings. The van der Waals surface area contributed by atoms with Crippen LogP contribution in [-0.4, -0.2) is 41.2 Å². The molecule has 0 saturated heterocycles. The molecule has 0 bridgehead atoms. The molecule has 3 rings (SSSR count). The largest absolute Gasteiger partial charge is 0.360 e. The predicted molar refractivity (Wildman–Crippen MR) is 103 cm³/mol. The van der Waals surface area contributed by atoms with Crippen LogP contribution in [0.1, 0.15) is 38.4 Å². The lowest BCUT2D eigenvalue weighted by Gasteiger charge is -2.23. The van der Waals surface area contributed by atoms with Crippen LogP contribution < -0.4 is 5.32 Å². The van der Waals surface area contributed by atoms with Gasteiger partial charge in [-0.2, -0.15) is 0 Å². The van der Waals surface area contributed by atoms with Gasteiger partial charge in [-0.1, -0.05) is 11.2 Å². The first-order chi connectivity index (χ1) is 12.4. The van der Waals surface area contributed by atoms with Gasteiger partial charge >= 0.3 is 0 Å². The van der Waals surface area contributed by atoms with E-state index in [1.807, 2.05) is 57.6 Å². The third-order valence-corrected chi connectivity index (χ3v) is 5.44. The van der Waals surface area contributed by atoms with Crippen LogP contribution in [0.15, 0.2) is 34.2 Å². The van der Waals surface area contributed by atoms with E-state index in [0.29, 0.717) is 17.9 Å². The zero-order valence-electron chi connectivity index (χ0n) is 15.7. The molecule has 0 spiro atoms. The van der Waals surface area contributed by atoms with Gasteiger partial charge in [0.25, 0.3) is 5.91 Å². The van der Waals surface area contributed by atoms with Gasteiger partial charge in [0.05, 0.1) is 11.6 Å². The second kappa shape index (κ2) is 7.47. The molecule has 1 N–H and O–H groups in total. The van der Waals surface area contributed by atoms with Gasteiger partial charge in [-0.05, 0) is 52.4 Å². The molecule has 26 heavy (non-hydrogen) atoms. The second-order valence-corrected chi connectivity index (χ2v) is 7.60. The quantitative estimate of drug-likeness (QED) is 0.719. The summed E-state index contributed by atoms with van der Waals surface area (Å²) in [4.78, 5) is 16.1. The molecule has 0 aliphatic rings. The number of hydrogen-bond acceptors (Lipinski definition) is 5. The standard InChI is InChI=1S/C19H24N4O2S/c1-12-9-15(14(3)23(12)18-10-13(2)25-21-18)19(24)20-11-16(22(4)5)17-7-6-8-26-17/h6-10,16H,11H2,1-5H3,(H,20,24). The topological polar surface area (TPSA) is 63.3 Å². The summed E-state index contributed by atoms with van der Waals surface area (Å²) >= 11 is 1.70. The fourth-order valence-electron chi connectivity index (χ4n) is 3.11. The summed E-state index contributed by atoms with van der Waals surface area (Å²) in [7, 11) is 4.05. The molecule has 1 atom stereocenters. The van der Waals surface area contributed by atoms with Crippen molar-refractivity contribution in [2.45, 2.75) is 26.8 Å². The smallest absolute Gasteiger partial charge is 0.253 e. The van der Waals surface area contributed by atoms with Gasteiger partial charge in [0.15, 0.2) is 5.82 Å².